The predicted molar refractivity (Wildman–Crippen MR) is 82.7 cm³/mol. The highest BCUT2D eigenvalue weighted by Crippen LogP contribution is 2.45. The molecule has 0 aromatic rings. The van der Waals surface area contributed by atoms with E-state index in [1.54, 1.807) is 0 Å². The molecule has 21 heavy (non-hydrogen) atoms. The van der Waals surface area contributed by atoms with Crippen LogP contribution in [-0.4, -0.2) is 29.1 Å². The van der Waals surface area contributed by atoms with Crippen molar-refractivity contribution in [1.29, 1.82) is 0 Å². The second kappa shape index (κ2) is 6.77. The van der Waals surface area contributed by atoms with Gasteiger partial charge in [0.1, 0.15) is 0 Å². The molecule has 1 saturated carbocycles. The molecular formula is C16H30N2O3. The molecule has 0 aromatic carbocycles. The van der Waals surface area contributed by atoms with Gasteiger partial charge in [-0.15, -0.1) is 0 Å². The van der Waals surface area contributed by atoms with E-state index in [9.17, 15) is 14.7 Å². The molecule has 4 N–H and O–H groups in total. The zero-order chi connectivity index (χ0) is 16.4. The summed E-state index contributed by atoms with van der Waals surface area (Å²) in [6.45, 7) is 10.0. The Balaban J connectivity index is 2.70. The van der Waals surface area contributed by atoms with Crippen LogP contribution < -0.4 is 11.1 Å². The van der Waals surface area contributed by atoms with E-state index in [4.69, 9.17) is 5.73 Å². The van der Waals surface area contributed by atoms with Crippen molar-refractivity contribution >= 4 is 11.9 Å². The smallest absolute Gasteiger partial charge is 0.307 e. The maximum Gasteiger partial charge on any atom is 0.307 e. The number of amides is 1. The first-order valence-electron chi connectivity index (χ1n) is 7.86. The topological polar surface area (TPSA) is 92.4 Å². The number of nitrogens with one attached hydrogen (secondary N) is 1. The Morgan fingerprint density at radius 2 is 1.90 bits per heavy atom. The van der Waals surface area contributed by atoms with Crippen LogP contribution in [0, 0.1) is 23.2 Å². The van der Waals surface area contributed by atoms with E-state index in [0.29, 0.717) is 25.2 Å². The Morgan fingerprint density at radius 1 is 1.33 bits per heavy atom. The van der Waals surface area contributed by atoms with Crippen LogP contribution in [0.15, 0.2) is 0 Å². The standard InChI is InChI=1S/C16H30N2O3/c1-9(2)8-12(17)14(19)18-13-7-6-11(15(20)21)16(4,5)10(13)3/h9-13H,6-8,17H2,1-5H3,(H,18,19)(H,20,21). The van der Waals surface area contributed by atoms with Crippen molar-refractivity contribution in [1.82, 2.24) is 5.32 Å². The third kappa shape index (κ3) is 4.19. The van der Waals surface area contributed by atoms with Crippen molar-refractivity contribution in [3.05, 3.63) is 0 Å². The minimum Gasteiger partial charge on any atom is -0.481 e. The van der Waals surface area contributed by atoms with Gasteiger partial charge in [-0.2, -0.15) is 0 Å². The average Bonchev–Trinajstić information content (AvgIpc) is 2.33. The molecule has 0 bridgehead atoms. The van der Waals surface area contributed by atoms with E-state index < -0.39 is 12.0 Å². The van der Waals surface area contributed by atoms with Gasteiger partial charge < -0.3 is 16.2 Å². The number of carboxylic acids is 1. The normalized spacial score (nSPS) is 30.0. The zero-order valence-electron chi connectivity index (χ0n) is 13.8. The van der Waals surface area contributed by atoms with Gasteiger partial charge in [-0.1, -0.05) is 34.6 Å². The number of hydrogen-bond acceptors (Lipinski definition) is 3. The lowest BCUT2D eigenvalue weighted by molar-refractivity contribution is -0.150. The van der Waals surface area contributed by atoms with Crippen LogP contribution in [0.5, 0.6) is 0 Å². The molecule has 1 fully saturated rings. The lowest BCUT2D eigenvalue weighted by Crippen LogP contribution is -2.55. The molecule has 0 spiro atoms. The molecule has 122 valence electrons. The third-order valence-corrected chi connectivity index (χ3v) is 5.13. The lowest BCUT2D eigenvalue weighted by atomic mass is 9.61. The molecule has 1 aliphatic rings. The van der Waals surface area contributed by atoms with Gasteiger partial charge in [0, 0.05) is 6.04 Å². The summed E-state index contributed by atoms with van der Waals surface area (Å²) in [4.78, 5) is 23.5. The van der Waals surface area contributed by atoms with Crippen LogP contribution >= 0.6 is 0 Å². The highest BCUT2D eigenvalue weighted by atomic mass is 16.4. The van der Waals surface area contributed by atoms with Crippen molar-refractivity contribution in [3.8, 4) is 0 Å². The molecule has 4 unspecified atom stereocenters. The first-order valence-corrected chi connectivity index (χ1v) is 7.86. The Morgan fingerprint density at radius 3 is 2.38 bits per heavy atom. The first kappa shape index (κ1) is 18.0. The highest BCUT2D eigenvalue weighted by molar-refractivity contribution is 5.81. The molecule has 1 rings (SSSR count). The number of carbonyl (C=O) groups is 2. The van der Waals surface area contributed by atoms with Crippen molar-refractivity contribution < 1.29 is 14.7 Å². The van der Waals surface area contributed by atoms with Gasteiger partial charge in [0.15, 0.2) is 0 Å². The Kier molecular flexibility index (Phi) is 5.79. The molecule has 0 saturated heterocycles. The number of rotatable bonds is 5. The van der Waals surface area contributed by atoms with Crippen molar-refractivity contribution in [2.45, 2.75) is 66.0 Å². The van der Waals surface area contributed by atoms with Crippen molar-refractivity contribution in [2.24, 2.45) is 28.9 Å². The summed E-state index contributed by atoms with van der Waals surface area (Å²) in [7, 11) is 0. The molecule has 1 aliphatic carbocycles. The van der Waals surface area contributed by atoms with Gasteiger partial charge in [0.25, 0.3) is 0 Å². The molecule has 0 aliphatic heterocycles. The minimum atomic E-state index is -0.742. The van der Waals surface area contributed by atoms with E-state index in [1.165, 1.54) is 0 Å². The van der Waals surface area contributed by atoms with Crippen LogP contribution in [0.25, 0.3) is 0 Å². The van der Waals surface area contributed by atoms with Gasteiger partial charge in [-0.3, -0.25) is 9.59 Å². The number of aliphatic carboxylic acids is 1. The van der Waals surface area contributed by atoms with Crippen LogP contribution in [0.1, 0.15) is 53.9 Å². The summed E-state index contributed by atoms with van der Waals surface area (Å²) in [6.07, 6.45) is 1.95. The zero-order valence-corrected chi connectivity index (χ0v) is 13.8. The van der Waals surface area contributed by atoms with Crippen LogP contribution in [-0.2, 0) is 9.59 Å². The number of carbonyl (C=O) groups excluding carboxylic acids is 1. The molecule has 1 amide bonds. The van der Waals surface area contributed by atoms with E-state index in [1.807, 2.05) is 34.6 Å². The second-order valence-corrected chi connectivity index (χ2v) is 7.43. The van der Waals surface area contributed by atoms with E-state index in [-0.39, 0.29) is 29.2 Å². The molecule has 5 heteroatoms. The van der Waals surface area contributed by atoms with E-state index in [0.717, 1.165) is 0 Å². The molecule has 4 atom stereocenters. The maximum absolute atomic E-state index is 12.2. The molecular weight excluding hydrogens is 268 g/mol. The quantitative estimate of drug-likeness (QED) is 0.724. The summed E-state index contributed by atoms with van der Waals surface area (Å²) in [5.41, 5.74) is 5.57. The Hall–Kier alpha value is -1.10. The van der Waals surface area contributed by atoms with E-state index in [2.05, 4.69) is 5.32 Å². The van der Waals surface area contributed by atoms with Crippen LogP contribution in [0.4, 0.5) is 0 Å². The predicted octanol–water partition coefficient (Wildman–Crippen LogP) is 2.00. The van der Waals surface area contributed by atoms with Crippen LogP contribution in [0.2, 0.25) is 0 Å². The fourth-order valence-electron chi connectivity index (χ4n) is 3.35. The molecule has 0 radical (unpaired) electrons. The monoisotopic (exact) mass is 298 g/mol. The Labute approximate surface area is 127 Å². The summed E-state index contributed by atoms with van der Waals surface area (Å²) < 4.78 is 0. The largest absolute Gasteiger partial charge is 0.481 e. The second-order valence-electron chi connectivity index (χ2n) is 7.43. The van der Waals surface area contributed by atoms with Crippen LogP contribution in [0.3, 0.4) is 0 Å². The fraction of sp³-hybridized carbons (Fsp3) is 0.875. The highest BCUT2D eigenvalue weighted by Gasteiger charge is 2.46. The summed E-state index contributed by atoms with van der Waals surface area (Å²) in [5, 5.41) is 12.4. The summed E-state index contributed by atoms with van der Waals surface area (Å²) in [6, 6.07) is -0.487. The minimum absolute atomic E-state index is 0.00122. The Bertz CT molecular complexity index is 393. The van der Waals surface area contributed by atoms with Crippen molar-refractivity contribution in [2.75, 3.05) is 0 Å². The average molecular weight is 298 g/mol. The van der Waals surface area contributed by atoms with Gasteiger partial charge in [0.2, 0.25) is 5.91 Å². The maximum atomic E-state index is 12.2. The summed E-state index contributed by atoms with van der Waals surface area (Å²) in [5.74, 6) is -0.742. The number of nitrogens with two attached hydrogens (primary N) is 1. The van der Waals surface area contributed by atoms with Gasteiger partial charge in [-0.05, 0) is 36.5 Å². The lowest BCUT2D eigenvalue weighted by Gasteiger charge is -2.46. The third-order valence-electron chi connectivity index (χ3n) is 5.13. The molecule has 0 heterocycles. The molecule has 0 aromatic heterocycles. The summed E-state index contributed by atoms with van der Waals surface area (Å²) >= 11 is 0. The van der Waals surface area contributed by atoms with E-state index >= 15 is 0 Å². The molecule has 5 nitrogen and oxygen atoms in total. The number of hydrogen-bond donors (Lipinski definition) is 3. The number of carboxylic acid groups (broad SMARTS) is 1. The van der Waals surface area contributed by atoms with Crippen molar-refractivity contribution in [3.63, 3.8) is 0 Å². The first-order chi connectivity index (χ1) is 9.57. The van der Waals surface area contributed by atoms with Gasteiger partial charge in [-0.25, -0.2) is 0 Å². The SMILES string of the molecule is CC(C)CC(N)C(=O)NC1CCC(C(=O)O)C(C)(C)C1C. The van der Waals surface area contributed by atoms with Gasteiger partial charge >= 0.3 is 5.97 Å². The van der Waals surface area contributed by atoms with Gasteiger partial charge in [0.05, 0.1) is 12.0 Å². The fourth-order valence-corrected chi connectivity index (χ4v) is 3.35.